The van der Waals surface area contributed by atoms with Crippen molar-refractivity contribution in [2.45, 2.75) is 6.42 Å². The standard InChI is InChI=1S/C13H19N5O2/c14-10-2-3-11(16-8-10)13(20)18-5-1-4-17(6-7-18)9-12(15)19/h2-3,8H,1,4-7,9,14H2,(H2,15,19). The lowest BCUT2D eigenvalue weighted by atomic mass is 10.3. The number of hydrogen-bond donors (Lipinski definition) is 2. The van der Waals surface area contributed by atoms with Gasteiger partial charge in [0.15, 0.2) is 0 Å². The van der Waals surface area contributed by atoms with Gasteiger partial charge in [0.25, 0.3) is 5.91 Å². The van der Waals surface area contributed by atoms with Gasteiger partial charge < -0.3 is 16.4 Å². The molecule has 2 amide bonds. The van der Waals surface area contributed by atoms with Crippen LogP contribution in [0.4, 0.5) is 5.69 Å². The molecule has 7 heteroatoms. The number of carbonyl (C=O) groups is 2. The number of amides is 2. The molecule has 0 atom stereocenters. The number of primary amides is 1. The topological polar surface area (TPSA) is 106 Å². The molecule has 0 bridgehead atoms. The number of nitrogens with two attached hydrogens (primary N) is 2. The molecule has 2 heterocycles. The van der Waals surface area contributed by atoms with E-state index in [0.717, 1.165) is 13.0 Å². The first-order valence-electron chi connectivity index (χ1n) is 6.58. The van der Waals surface area contributed by atoms with Gasteiger partial charge in [-0.15, -0.1) is 0 Å². The smallest absolute Gasteiger partial charge is 0.272 e. The maximum Gasteiger partial charge on any atom is 0.272 e. The number of hydrogen-bond acceptors (Lipinski definition) is 5. The van der Waals surface area contributed by atoms with Gasteiger partial charge in [-0.05, 0) is 18.6 Å². The fourth-order valence-electron chi connectivity index (χ4n) is 2.25. The molecular weight excluding hydrogens is 258 g/mol. The Morgan fingerprint density at radius 3 is 2.65 bits per heavy atom. The Hall–Kier alpha value is -2.15. The van der Waals surface area contributed by atoms with Gasteiger partial charge >= 0.3 is 0 Å². The molecule has 1 aromatic rings. The largest absolute Gasteiger partial charge is 0.397 e. The molecule has 1 aromatic heterocycles. The summed E-state index contributed by atoms with van der Waals surface area (Å²) in [5.74, 6) is -0.448. The molecule has 1 saturated heterocycles. The summed E-state index contributed by atoms with van der Waals surface area (Å²) in [6, 6.07) is 3.29. The number of pyridine rings is 1. The van der Waals surface area contributed by atoms with Gasteiger partial charge in [-0.2, -0.15) is 0 Å². The van der Waals surface area contributed by atoms with E-state index < -0.39 is 0 Å². The Bertz CT molecular complexity index is 488. The highest BCUT2D eigenvalue weighted by Crippen LogP contribution is 2.09. The van der Waals surface area contributed by atoms with E-state index in [2.05, 4.69) is 4.98 Å². The molecule has 0 aliphatic carbocycles. The van der Waals surface area contributed by atoms with E-state index in [1.54, 1.807) is 17.0 Å². The lowest BCUT2D eigenvalue weighted by Gasteiger charge is -2.21. The van der Waals surface area contributed by atoms with E-state index in [4.69, 9.17) is 11.5 Å². The van der Waals surface area contributed by atoms with Gasteiger partial charge in [0.2, 0.25) is 5.91 Å². The van der Waals surface area contributed by atoms with Crippen molar-refractivity contribution in [2.75, 3.05) is 38.5 Å². The van der Waals surface area contributed by atoms with E-state index in [1.165, 1.54) is 6.20 Å². The van der Waals surface area contributed by atoms with Crippen LogP contribution in [0.2, 0.25) is 0 Å². The number of anilines is 1. The third kappa shape index (κ3) is 3.67. The molecule has 1 aliphatic heterocycles. The Kier molecular flexibility index (Phi) is 4.52. The fraction of sp³-hybridized carbons (Fsp3) is 0.462. The van der Waals surface area contributed by atoms with Gasteiger partial charge in [-0.25, -0.2) is 4.98 Å². The Labute approximate surface area is 117 Å². The molecule has 2 rings (SSSR count). The third-order valence-corrected chi connectivity index (χ3v) is 3.26. The first-order valence-corrected chi connectivity index (χ1v) is 6.58. The maximum absolute atomic E-state index is 12.3. The highest BCUT2D eigenvalue weighted by atomic mass is 16.2. The Morgan fingerprint density at radius 2 is 2.00 bits per heavy atom. The van der Waals surface area contributed by atoms with Crippen molar-refractivity contribution in [3.05, 3.63) is 24.0 Å². The quantitative estimate of drug-likeness (QED) is 0.759. The minimum Gasteiger partial charge on any atom is -0.397 e. The van der Waals surface area contributed by atoms with Gasteiger partial charge in [-0.1, -0.05) is 0 Å². The molecule has 108 valence electrons. The molecule has 20 heavy (non-hydrogen) atoms. The number of carbonyl (C=O) groups excluding carboxylic acids is 2. The number of aromatic nitrogens is 1. The van der Waals surface area contributed by atoms with Crippen molar-refractivity contribution >= 4 is 17.5 Å². The van der Waals surface area contributed by atoms with Crippen LogP contribution < -0.4 is 11.5 Å². The van der Waals surface area contributed by atoms with Gasteiger partial charge in [0.05, 0.1) is 18.4 Å². The zero-order chi connectivity index (χ0) is 14.5. The summed E-state index contributed by atoms with van der Waals surface area (Å²) in [5.41, 5.74) is 11.7. The summed E-state index contributed by atoms with van der Waals surface area (Å²) in [4.78, 5) is 31.0. The van der Waals surface area contributed by atoms with Crippen LogP contribution in [0.25, 0.3) is 0 Å². The average molecular weight is 277 g/mol. The number of nitrogens with zero attached hydrogens (tertiary/aromatic N) is 3. The van der Waals surface area contributed by atoms with E-state index >= 15 is 0 Å². The number of rotatable bonds is 3. The van der Waals surface area contributed by atoms with Crippen molar-refractivity contribution in [3.8, 4) is 0 Å². The zero-order valence-electron chi connectivity index (χ0n) is 11.3. The highest BCUT2D eigenvalue weighted by molar-refractivity contribution is 5.92. The monoisotopic (exact) mass is 277 g/mol. The minimum absolute atomic E-state index is 0.106. The van der Waals surface area contributed by atoms with Crippen molar-refractivity contribution < 1.29 is 9.59 Å². The average Bonchev–Trinajstić information content (AvgIpc) is 2.64. The van der Waals surface area contributed by atoms with Crippen molar-refractivity contribution in [1.29, 1.82) is 0 Å². The third-order valence-electron chi connectivity index (χ3n) is 3.26. The van der Waals surface area contributed by atoms with Gasteiger partial charge in [-0.3, -0.25) is 14.5 Å². The van der Waals surface area contributed by atoms with Crippen LogP contribution in [0, 0.1) is 0 Å². The molecule has 1 fully saturated rings. The predicted octanol–water partition coefficient (Wildman–Crippen LogP) is -0.703. The van der Waals surface area contributed by atoms with Crippen molar-refractivity contribution in [3.63, 3.8) is 0 Å². The molecule has 0 spiro atoms. The van der Waals surface area contributed by atoms with E-state index in [1.807, 2.05) is 4.90 Å². The SMILES string of the molecule is NC(=O)CN1CCCN(C(=O)c2ccc(N)cn2)CC1. The summed E-state index contributed by atoms with van der Waals surface area (Å²) in [6.07, 6.45) is 2.29. The van der Waals surface area contributed by atoms with Crippen LogP contribution in [0.1, 0.15) is 16.9 Å². The summed E-state index contributed by atoms with van der Waals surface area (Å²) in [5, 5.41) is 0. The predicted molar refractivity (Wildman–Crippen MR) is 74.8 cm³/mol. The summed E-state index contributed by atoms with van der Waals surface area (Å²) in [7, 11) is 0. The summed E-state index contributed by atoms with van der Waals surface area (Å²) < 4.78 is 0. The lowest BCUT2D eigenvalue weighted by molar-refractivity contribution is -0.119. The highest BCUT2D eigenvalue weighted by Gasteiger charge is 2.21. The van der Waals surface area contributed by atoms with Gasteiger partial charge in [0.1, 0.15) is 5.69 Å². The maximum atomic E-state index is 12.3. The van der Waals surface area contributed by atoms with Crippen molar-refractivity contribution in [2.24, 2.45) is 5.73 Å². The second-order valence-electron chi connectivity index (χ2n) is 4.86. The minimum atomic E-state index is -0.343. The van der Waals surface area contributed by atoms with E-state index in [9.17, 15) is 9.59 Å². The molecule has 1 aliphatic rings. The molecule has 7 nitrogen and oxygen atoms in total. The van der Waals surface area contributed by atoms with Crippen LogP contribution >= 0.6 is 0 Å². The molecular formula is C13H19N5O2. The van der Waals surface area contributed by atoms with Gasteiger partial charge in [0, 0.05) is 26.2 Å². The van der Waals surface area contributed by atoms with E-state index in [-0.39, 0.29) is 18.4 Å². The molecule has 0 unspecified atom stereocenters. The molecule has 0 aromatic carbocycles. The normalized spacial score (nSPS) is 16.7. The lowest BCUT2D eigenvalue weighted by Crippen LogP contribution is -2.38. The van der Waals surface area contributed by atoms with Crippen molar-refractivity contribution in [1.82, 2.24) is 14.8 Å². The Balaban J connectivity index is 1.97. The van der Waals surface area contributed by atoms with Crippen LogP contribution in [-0.2, 0) is 4.79 Å². The summed E-state index contributed by atoms with van der Waals surface area (Å²) in [6.45, 7) is 2.87. The number of nitrogen functional groups attached to an aromatic ring is 1. The van der Waals surface area contributed by atoms with Crippen LogP contribution in [0.15, 0.2) is 18.3 Å². The second kappa shape index (κ2) is 6.33. The van der Waals surface area contributed by atoms with Crippen LogP contribution in [0.5, 0.6) is 0 Å². The first-order chi connectivity index (χ1) is 9.56. The Morgan fingerprint density at radius 1 is 1.20 bits per heavy atom. The molecule has 0 saturated carbocycles. The van der Waals surface area contributed by atoms with E-state index in [0.29, 0.717) is 31.0 Å². The second-order valence-corrected chi connectivity index (χ2v) is 4.86. The van der Waals surface area contributed by atoms with Crippen LogP contribution in [-0.4, -0.2) is 59.3 Å². The fourth-order valence-corrected chi connectivity index (χ4v) is 2.25. The summed E-state index contributed by atoms with van der Waals surface area (Å²) >= 11 is 0. The molecule has 0 radical (unpaired) electrons. The zero-order valence-corrected chi connectivity index (χ0v) is 11.3. The first kappa shape index (κ1) is 14.3. The van der Waals surface area contributed by atoms with Crippen LogP contribution in [0.3, 0.4) is 0 Å². The molecule has 4 N–H and O–H groups in total.